The minimum Gasteiger partial charge on any atom is -0.330 e. The molecule has 3 aromatic rings. The first-order valence-corrected chi connectivity index (χ1v) is 7.73. The van der Waals surface area contributed by atoms with Gasteiger partial charge in [0.25, 0.3) is 0 Å². The summed E-state index contributed by atoms with van der Waals surface area (Å²) in [6.07, 6.45) is 0.885. The number of nitrogens with zero attached hydrogens (tertiary/aromatic N) is 1. The minimum absolute atomic E-state index is 0.660. The SMILES string of the molecule is NCCc1ccccc1-c1nc2cc(Br)ccc2s1. The molecule has 0 aliphatic rings. The number of hydrogen-bond donors (Lipinski definition) is 1. The van der Waals surface area contributed by atoms with Gasteiger partial charge in [-0.15, -0.1) is 11.3 Å². The van der Waals surface area contributed by atoms with Gasteiger partial charge in [-0.2, -0.15) is 0 Å². The Bertz CT molecular complexity index is 721. The van der Waals surface area contributed by atoms with E-state index >= 15 is 0 Å². The molecule has 2 aromatic carbocycles. The first-order chi connectivity index (χ1) is 9.28. The number of nitrogens with two attached hydrogens (primary N) is 1. The third-order valence-corrected chi connectivity index (χ3v) is 4.57. The highest BCUT2D eigenvalue weighted by Gasteiger charge is 2.09. The third kappa shape index (κ3) is 2.56. The van der Waals surface area contributed by atoms with E-state index < -0.39 is 0 Å². The van der Waals surface area contributed by atoms with E-state index in [-0.39, 0.29) is 0 Å². The van der Waals surface area contributed by atoms with Gasteiger partial charge < -0.3 is 5.73 Å². The van der Waals surface area contributed by atoms with Crippen LogP contribution in [-0.4, -0.2) is 11.5 Å². The molecule has 2 N–H and O–H groups in total. The van der Waals surface area contributed by atoms with Crippen LogP contribution in [0.5, 0.6) is 0 Å². The lowest BCUT2D eigenvalue weighted by Crippen LogP contribution is -2.03. The predicted octanol–water partition coefficient (Wildman–Crippen LogP) is 4.23. The summed E-state index contributed by atoms with van der Waals surface area (Å²) >= 11 is 5.21. The average Bonchev–Trinajstić information content (AvgIpc) is 2.82. The lowest BCUT2D eigenvalue weighted by atomic mass is 10.1. The van der Waals surface area contributed by atoms with Gasteiger partial charge in [0.15, 0.2) is 0 Å². The van der Waals surface area contributed by atoms with E-state index in [2.05, 4.69) is 58.4 Å². The monoisotopic (exact) mass is 332 g/mol. The van der Waals surface area contributed by atoms with Crippen LogP contribution in [-0.2, 0) is 6.42 Å². The van der Waals surface area contributed by atoms with Gasteiger partial charge in [0, 0.05) is 10.0 Å². The second-order valence-electron chi connectivity index (χ2n) is 4.33. The Morgan fingerprint density at radius 1 is 1.16 bits per heavy atom. The van der Waals surface area contributed by atoms with Gasteiger partial charge in [0.2, 0.25) is 0 Å². The molecule has 0 radical (unpaired) electrons. The van der Waals surface area contributed by atoms with Crippen LogP contribution in [0.3, 0.4) is 0 Å². The van der Waals surface area contributed by atoms with E-state index in [1.165, 1.54) is 15.8 Å². The largest absolute Gasteiger partial charge is 0.330 e. The zero-order chi connectivity index (χ0) is 13.2. The smallest absolute Gasteiger partial charge is 0.124 e. The standard InChI is InChI=1S/C15H13BrN2S/c16-11-5-6-14-13(9-11)18-15(19-14)12-4-2-1-3-10(12)7-8-17/h1-6,9H,7-8,17H2. The zero-order valence-corrected chi connectivity index (χ0v) is 12.7. The van der Waals surface area contributed by atoms with E-state index in [1.54, 1.807) is 11.3 Å². The molecule has 0 unspecified atom stereocenters. The van der Waals surface area contributed by atoms with Crippen LogP contribution in [0.25, 0.3) is 20.8 Å². The van der Waals surface area contributed by atoms with Crippen molar-refractivity contribution in [1.82, 2.24) is 4.98 Å². The Labute approximate surface area is 124 Å². The van der Waals surface area contributed by atoms with E-state index in [0.717, 1.165) is 21.4 Å². The Kier molecular flexibility index (Phi) is 3.64. The van der Waals surface area contributed by atoms with Gasteiger partial charge in [-0.05, 0) is 36.7 Å². The van der Waals surface area contributed by atoms with Crippen LogP contribution < -0.4 is 5.73 Å². The summed E-state index contributed by atoms with van der Waals surface area (Å²) in [5, 5.41) is 1.07. The van der Waals surface area contributed by atoms with Gasteiger partial charge >= 0.3 is 0 Å². The predicted molar refractivity (Wildman–Crippen MR) is 85.5 cm³/mol. The van der Waals surface area contributed by atoms with Gasteiger partial charge in [0.1, 0.15) is 5.01 Å². The lowest BCUT2D eigenvalue weighted by Gasteiger charge is -2.04. The summed E-state index contributed by atoms with van der Waals surface area (Å²) in [5.74, 6) is 0. The molecule has 1 aromatic heterocycles. The summed E-state index contributed by atoms with van der Waals surface area (Å²) in [6.45, 7) is 0.660. The second-order valence-corrected chi connectivity index (χ2v) is 6.27. The highest BCUT2D eigenvalue weighted by molar-refractivity contribution is 9.10. The van der Waals surface area contributed by atoms with Crippen molar-refractivity contribution in [3.05, 3.63) is 52.5 Å². The molecular weight excluding hydrogens is 320 g/mol. The maximum absolute atomic E-state index is 5.68. The molecule has 0 aliphatic heterocycles. The quantitative estimate of drug-likeness (QED) is 0.779. The summed E-state index contributed by atoms with van der Waals surface area (Å²) in [7, 11) is 0. The van der Waals surface area contributed by atoms with Gasteiger partial charge in [0.05, 0.1) is 10.2 Å². The Hall–Kier alpha value is -1.23. The first-order valence-electron chi connectivity index (χ1n) is 6.12. The van der Waals surface area contributed by atoms with Gasteiger partial charge in [-0.1, -0.05) is 40.2 Å². The number of fused-ring (bicyclic) bond motifs is 1. The number of halogens is 1. The molecular formula is C15H13BrN2S. The molecule has 0 aliphatic carbocycles. The summed E-state index contributed by atoms with van der Waals surface area (Å²) < 4.78 is 2.27. The molecule has 0 saturated carbocycles. The number of thiazole rings is 1. The molecule has 4 heteroatoms. The van der Waals surface area contributed by atoms with Crippen molar-refractivity contribution in [3.63, 3.8) is 0 Å². The summed E-state index contributed by atoms with van der Waals surface area (Å²) in [5.41, 5.74) is 9.18. The lowest BCUT2D eigenvalue weighted by molar-refractivity contribution is 0.970. The van der Waals surface area contributed by atoms with Crippen LogP contribution in [0, 0.1) is 0 Å². The fourth-order valence-electron chi connectivity index (χ4n) is 2.12. The average molecular weight is 333 g/mol. The normalized spacial score (nSPS) is 11.1. The highest BCUT2D eigenvalue weighted by atomic mass is 79.9. The molecule has 0 amide bonds. The van der Waals surface area contributed by atoms with Gasteiger partial charge in [-0.25, -0.2) is 4.98 Å². The molecule has 19 heavy (non-hydrogen) atoms. The Morgan fingerprint density at radius 3 is 2.84 bits per heavy atom. The van der Waals surface area contributed by atoms with Crippen molar-refractivity contribution in [1.29, 1.82) is 0 Å². The maximum Gasteiger partial charge on any atom is 0.124 e. The molecule has 1 heterocycles. The van der Waals surface area contributed by atoms with E-state index in [1.807, 2.05) is 0 Å². The minimum atomic E-state index is 0.660. The first kappa shape index (κ1) is 12.8. The van der Waals surface area contributed by atoms with E-state index in [0.29, 0.717) is 6.54 Å². The molecule has 0 fully saturated rings. The number of hydrogen-bond acceptors (Lipinski definition) is 3. The molecule has 0 atom stereocenters. The van der Waals surface area contributed by atoms with Crippen molar-refractivity contribution >= 4 is 37.5 Å². The molecule has 0 spiro atoms. The van der Waals surface area contributed by atoms with Crippen molar-refractivity contribution < 1.29 is 0 Å². The molecule has 3 rings (SSSR count). The fraction of sp³-hybridized carbons (Fsp3) is 0.133. The van der Waals surface area contributed by atoms with Crippen LogP contribution in [0.1, 0.15) is 5.56 Å². The topological polar surface area (TPSA) is 38.9 Å². The molecule has 0 saturated heterocycles. The number of benzene rings is 2. The summed E-state index contributed by atoms with van der Waals surface area (Å²) in [4.78, 5) is 4.73. The van der Waals surface area contributed by atoms with Crippen molar-refractivity contribution in [2.75, 3.05) is 6.54 Å². The van der Waals surface area contributed by atoms with Crippen molar-refractivity contribution in [2.45, 2.75) is 6.42 Å². The van der Waals surface area contributed by atoms with Crippen LogP contribution in [0.15, 0.2) is 46.9 Å². The van der Waals surface area contributed by atoms with Crippen LogP contribution in [0.2, 0.25) is 0 Å². The Balaban J connectivity index is 2.13. The fourth-order valence-corrected chi connectivity index (χ4v) is 3.47. The third-order valence-electron chi connectivity index (χ3n) is 3.01. The van der Waals surface area contributed by atoms with E-state index in [4.69, 9.17) is 10.7 Å². The van der Waals surface area contributed by atoms with E-state index in [9.17, 15) is 0 Å². The van der Waals surface area contributed by atoms with Gasteiger partial charge in [-0.3, -0.25) is 0 Å². The molecule has 2 nitrogen and oxygen atoms in total. The van der Waals surface area contributed by atoms with Crippen LogP contribution in [0.4, 0.5) is 0 Å². The maximum atomic E-state index is 5.68. The summed E-state index contributed by atoms with van der Waals surface area (Å²) in [6, 6.07) is 14.6. The van der Waals surface area contributed by atoms with Crippen LogP contribution >= 0.6 is 27.3 Å². The second kappa shape index (κ2) is 5.41. The Morgan fingerprint density at radius 2 is 2.00 bits per heavy atom. The number of rotatable bonds is 3. The zero-order valence-electron chi connectivity index (χ0n) is 10.3. The highest BCUT2D eigenvalue weighted by Crippen LogP contribution is 2.33. The number of aromatic nitrogens is 1. The van der Waals surface area contributed by atoms with Crippen molar-refractivity contribution in [2.24, 2.45) is 5.73 Å². The molecule has 0 bridgehead atoms. The van der Waals surface area contributed by atoms with Crippen molar-refractivity contribution in [3.8, 4) is 10.6 Å². The molecule has 96 valence electrons.